The van der Waals surface area contributed by atoms with E-state index in [0.29, 0.717) is 24.2 Å². The average Bonchev–Trinajstić information content (AvgIpc) is 3.06. The standard InChI is InChI=1S/C12H11N7O/c20-12(8-1-2-10-11(5-8)15-16-14-10)18-6-9(7-18)19-4-3-13-17-19/h1-5,9H,6-7H2,(H,14,15,16). The third-order valence-electron chi connectivity index (χ3n) is 3.53. The molecule has 4 rings (SSSR count). The van der Waals surface area contributed by atoms with Crippen molar-refractivity contribution in [1.82, 2.24) is 35.3 Å². The summed E-state index contributed by atoms with van der Waals surface area (Å²) >= 11 is 0. The second-order valence-corrected chi connectivity index (χ2v) is 4.77. The van der Waals surface area contributed by atoms with Crippen LogP contribution in [0.2, 0.25) is 0 Å². The van der Waals surface area contributed by atoms with Gasteiger partial charge in [0, 0.05) is 24.8 Å². The minimum atomic E-state index is 0.00580. The molecule has 0 saturated carbocycles. The van der Waals surface area contributed by atoms with E-state index in [0.717, 1.165) is 5.52 Å². The van der Waals surface area contributed by atoms with Gasteiger partial charge in [0.2, 0.25) is 0 Å². The van der Waals surface area contributed by atoms with Gasteiger partial charge in [-0.15, -0.1) is 5.10 Å². The van der Waals surface area contributed by atoms with Crippen molar-refractivity contribution in [1.29, 1.82) is 0 Å². The SMILES string of the molecule is O=C(c1ccc2n[nH]nc2c1)N1CC(n2ccnn2)C1. The molecule has 1 N–H and O–H groups in total. The molecule has 3 heterocycles. The Balaban J connectivity index is 1.51. The topological polar surface area (TPSA) is 92.6 Å². The predicted octanol–water partition coefficient (Wildman–Crippen LogP) is 0.246. The summed E-state index contributed by atoms with van der Waals surface area (Å²) in [5, 5.41) is 18.2. The van der Waals surface area contributed by atoms with E-state index in [9.17, 15) is 4.79 Å². The molecule has 1 amide bonds. The average molecular weight is 269 g/mol. The van der Waals surface area contributed by atoms with Gasteiger partial charge in [-0.3, -0.25) is 4.79 Å². The van der Waals surface area contributed by atoms with Gasteiger partial charge in [-0.2, -0.15) is 15.4 Å². The predicted molar refractivity (Wildman–Crippen MR) is 68.9 cm³/mol. The number of nitrogens with one attached hydrogen (secondary N) is 1. The molecule has 0 aliphatic carbocycles. The molecule has 0 unspecified atom stereocenters. The van der Waals surface area contributed by atoms with Crippen LogP contribution in [-0.4, -0.2) is 54.3 Å². The van der Waals surface area contributed by atoms with Crippen molar-refractivity contribution in [2.24, 2.45) is 0 Å². The first-order chi connectivity index (χ1) is 9.81. The molecule has 0 atom stereocenters. The Bertz CT molecular complexity index is 757. The number of hydrogen-bond acceptors (Lipinski definition) is 5. The Labute approximate surface area is 113 Å². The summed E-state index contributed by atoms with van der Waals surface area (Å²) in [5.41, 5.74) is 2.08. The molecule has 0 bridgehead atoms. The van der Waals surface area contributed by atoms with Crippen LogP contribution in [0.25, 0.3) is 11.0 Å². The van der Waals surface area contributed by atoms with Crippen molar-refractivity contribution < 1.29 is 4.79 Å². The normalized spacial score (nSPS) is 15.5. The summed E-state index contributed by atoms with van der Waals surface area (Å²) in [6.45, 7) is 1.30. The summed E-state index contributed by atoms with van der Waals surface area (Å²) in [6, 6.07) is 5.54. The monoisotopic (exact) mass is 269 g/mol. The van der Waals surface area contributed by atoms with Crippen LogP contribution in [-0.2, 0) is 0 Å². The van der Waals surface area contributed by atoms with Crippen LogP contribution in [0.1, 0.15) is 16.4 Å². The van der Waals surface area contributed by atoms with E-state index in [1.54, 1.807) is 34.0 Å². The highest BCUT2D eigenvalue weighted by atomic mass is 16.2. The molecule has 1 aromatic carbocycles. The van der Waals surface area contributed by atoms with Gasteiger partial charge >= 0.3 is 0 Å². The van der Waals surface area contributed by atoms with Crippen LogP contribution in [0.5, 0.6) is 0 Å². The van der Waals surface area contributed by atoms with E-state index < -0.39 is 0 Å². The van der Waals surface area contributed by atoms with Gasteiger partial charge in [0.05, 0.1) is 12.2 Å². The van der Waals surface area contributed by atoms with E-state index in [1.807, 2.05) is 6.20 Å². The van der Waals surface area contributed by atoms with Gasteiger partial charge < -0.3 is 4.90 Å². The zero-order chi connectivity index (χ0) is 13.5. The number of hydrogen-bond donors (Lipinski definition) is 1. The Kier molecular flexibility index (Phi) is 2.28. The van der Waals surface area contributed by atoms with Crippen LogP contribution in [0.4, 0.5) is 0 Å². The summed E-state index contributed by atoms with van der Waals surface area (Å²) in [6.07, 6.45) is 3.46. The third-order valence-corrected chi connectivity index (χ3v) is 3.53. The van der Waals surface area contributed by atoms with Gasteiger partial charge in [0.15, 0.2) is 0 Å². The number of fused-ring (bicyclic) bond motifs is 1. The number of amides is 1. The van der Waals surface area contributed by atoms with Crippen molar-refractivity contribution in [3.8, 4) is 0 Å². The molecular weight excluding hydrogens is 258 g/mol. The first-order valence-corrected chi connectivity index (χ1v) is 6.27. The third kappa shape index (κ3) is 1.65. The zero-order valence-corrected chi connectivity index (χ0v) is 10.5. The van der Waals surface area contributed by atoms with Crippen LogP contribution >= 0.6 is 0 Å². The first-order valence-electron chi connectivity index (χ1n) is 6.27. The fourth-order valence-corrected chi connectivity index (χ4v) is 2.36. The highest BCUT2D eigenvalue weighted by Gasteiger charge is 2.33. The number of H-pyrrole nitrogens is 1. The van der Waals surface area contributed by atoms with Gasteiger partial charge in [-0.1, -0.05) is 5.21 Å². The number of aromatic nitrogens is 6. The Hall–Kier alpha value is -2.77. The number of likely N-dealkylation sites (tertiary alicyclic amines) is 1. The smallest absolute Gasteiger partial charge is 0.254 e. The van der Waals surface area contributed by atoms with Gasteiger partial charge in [-0.25, -0.2) is 4.68 Å². The molecule has 1 aliphatic heterocycles. The van der Waals surface area contributed by atoms with E-state index in [4.69, 9.17) is 0 Å². The van der Waals surface area contributed by atoms with Crippen molar-refractivity contribution in [2.75, 3.05) is 13.1 Å². The minimum absolute atomic E-state index is 0.00580. The molecular formula is C12H11N7O. The molecule has 0 radical (unpaired) electrons. The van der Waals surface area contributed by atoms with Crippen LogP contribution < -0.4 is 0 Å². The molecule has 1 saturated heterocycles. The largest absolute Gasteiger partial charge is 0.334 e. The first kappa shape index (κ1) is 11.1. The fraction of sp³-hybridized carbons (Fsp3) is 0.250. The molecule has 3 aromatic rings. The highest BCUT2D eigenvalue weighted by Crippen LogP contribution is 2.23. The van der Waals surface area contributed by atoms with Crippen molar-refractivity contribution in [3.63, 3.8) is 0 Å². The Morgan fingerprint density at radius 1 is 1.25 bits per heavy atom. The molecule has 1 aliphatic rings. The number of rotatable bonds is 2. The highest BCUT2D eigenvalue weighted by molar-refractivity contribution is 5.97. The van der Waals surface area contributed by atoms with Gasteiger partial charge in [0.1, 0.15) is 11.0 Å². The summed E-state index contributed by atoms with van der Waals surface area (Å²) in [5.74, 6) is 0.00580. The summed E-state index contributed by atoms with van der Waals surface area (Å²) < 4.78 is 1.78. The van der Waals surface area contributed by atoms with Crippen molar-refractivity contribution >= 4 is 16.9 Å². The fourth-order valence-electron chi connectivity index (χ4n) is 2.36. The van der Waals surface area contributed by atoms with Gasteiger partial charge in [0.25, 0.3) is 5.91 Å². The molecule has 0 spiro atoms. The Morgan fingerprint density at radius 3 is 2.90 bits per heavy atom. The molecule has 1 fully saturated rings. The molecule has 100 valence electrons. The minimum Gasteiger partial charge on any atom is -0.334 e. The molecule has 8 nitrogen and oxygen atoms in total. The van der Waals surface area contributed by atoms with Crippen LogP contribution in [0, 0.1) is 0 Å². The second-order valence-electron chi connectivity index (χ2n) is 4.77. The zero-order valence-electron chi connectivity index (χ0n) is 10.5. The van der Waals surface area contributed by atoms with E-state index in [2.05, 4.69) is 25.7 Å². The van der Waals surface area contributed by atoms with Crippen LogP contribution in [0.3, 0.4) is 0 Å². The number of carbonyl (C=O) groups excluding carboxylic acids is 1. The molecule has 2 aromatic heterocycles. The van der Waals surface area contributed by atoms with Crippen LogP contribution in [0.15, 0.2) is 30.6 Å². The lowest BCUT2D eigenvalue weighted by Crippen LogP contribution is -2.50. The summed E-state index contributed by atoms with van der Waals surface area (Å²) in [7, 11) is 0. The molecule has 8 heteroatoms. The number of nitrogens with zero attached hydrogens (tertiary/aromatic N) is 6. The maximum atomic E-state index is 12.3. The van der Waals surface area contributed by atoms with Crippen molar-refractivity contribution in [3.05, 3.63) is 36.2 Å². The lowest BCUT2D eigenvalue weighted by atomic mass is 10.1. The summed E-state index contributed by atoms with van der Waals surface area (Å²) in [4.78, 5) is 14.1. The molecule has 20 heavy (non-hydrogen) atoms. The quantitative estimate of drug-likeness (QED) is 0.719. The maximum Gasteiger partial charge on any atom is 0.254 e. The second kappa shape index (κ2) is 4.12. The van der Waals surface area contributed by atoms with E-state index >= 15 is 0 Å². The number of benzene rings is 1. The van der Waals surface area contributed by atoms with Gasteiger partial charge in [-0.05, 0) is 18.2 Å². The van der Waals surface area contributed by atoms with E-state index in [1.165, 1.54) is 0 Å². The van der Waals surface area contributed by atoms with Crippen molar-refractivity contribution in [2.45, 2.75) is 6.04 Å². The Morgan fingerprint density at radius 2 is 2.10 bits per heavy atom. The lowest BCUT2D eigenvalue weighted by Gasteiger charge is -2.38. The number of aromatic amines is 1. The lowest BCUT2D eigenvalue weighted by molar-refractivity contribution is 0.0498. The number of carbonyl (C=O) groups is 1. The maximum absolute atomic E-state index is 12.3. The van der Waals surface area contributed by atoms with E-state index in [-0.39, 0.29) is 11.9 Å².